The summed E-state index contributed by atoms with van der Waals surface area (Å²) in [5, 5.41) is 6.54. The van der Waals surface area contributed by atoms with E-state index in [-0.39, 0.29) is 35.5 Å². The fourth-order valence-corrected chi connectivity index (χ4v) is 2.22. The number of amides is 1. The van der Waals surface area contributed by atoms with Crippen LogP contribution in [0.15, 0.2) is 29.3 Å². The Hall–Kier alpha value is -1.35. The van der Waals surface area contributed by atoms with Gasteiger partial charge in [-0.05, 0) is 30.0 Å². The lowest BCUT2D eigenvalue weighted by Gasteiger charge is -2.30. The molecule has 0 aromatic heterocycles. The Morgan fingerprint density at radius 2 is 1.84 bits per heavy atom. The molecule has 0 bridgehead atoms. The van der Waals surface area contributed by atoms with Crippen LogP contribution in [0.25, 0.3) is 0 Å². The summed E-state index contributed by atoms with van der Waals surface area (Å²) in [6, 6.07) is 7.16. The molecule has 0 saturated heterocycles. The van der Waals surface area contributed by atoms with Crippen LogP contribution < -0.4 is 16.4 Å². The number of carbonyl (C=O) groups is 1. The van der Waals surface area contributed by atoms with E-state index in [0.29, 0.717) is 18.7 Å². The van der Waals surface area contributed by atoms with E-state index in [1.807, 2.05) is 19.1 Å². The molecule has 142 valence electrons. The molecule has 1 aromatic rings. The third-order valence-electron chi connectivity index (χ3n) is 3.71. The minimum absolute atomic E-state index is 0. The highest BCUT2D eigenvalue weighted by Gasteiger charge is 2.24. The number of methoxy groups -OCH3 is 1. The Kier molecular flexibility index (Phi) is 10.7. The zero-order valence-corrected chi connectivity index (χ0v) is 18.1. The summed E-state index contributed by atoms with van der Waals surface area (Å²) in [7, 11) is 1.72. The molecule has 0 aliphatic rings. The molecule has 0 aliphatic heterocycles. The van der Waals surface area contributed by atoms with Crippen LogP contribution in [0.4, 0.5) is 0 Å². The minimum atomic E-state index is -0.423. The Morgan fingerprint density at radius 3 is 2.28 bits per heavy atom. The Morgan fingerprint density at radius 1 is 1.24 bits per heavy atom. The number of aliphatic imine (C=N–C) groups is 1. The van der Waals surface area contributed by atoms with Gasteiger partial charge >= 0.3 is 0 Å². The average Bonchev–Trinajstić information content (AvgIpc) is 2.52. The van der Waals surface area contributed by atoms with Crippen LogP contribution in [0.1, 0.15) is 43.6 Å². The van der Waals surface area contributed by atoms with Gasteiger partial charge in [-0.25, -0.2) is 4.99 Å². The van der Waals surface area contributed by atoms with Gasteiger partial charge in [-0.15, -0.1) is 24.0 Å². The van der Waals surface area contributed by atoms with Crippen LogP contribution in [-0.4, -0.2) is 38.2 Å². The van der Waals surface area contributed by atoms with Gasteiger partial charge in [-0.3, -0.25) is 4.79 Å². The molecule has 1 aromatic carbocycles. The first-order chi connectivity index (χ1) is 11.3. The highest BCUT2D eigenvalue weighted by Crippen LogP contribution is 2.20. The molecule has 1 atom stereocenters. The van der Waals surface area contributed by atoms with Gasteiger partial charge in [0.05, 0.1) is 12.6 Å². The number of hydrogen-bond donors (Lipinski definition) is 3. The molecule has 0 saturated carbocycles. The van der Waals surface area contributed by atoms with E-state index in [1.165, 1.54) is 0 Å². The molecule has 0 aliphatic carbocycles. The SMILES string of the molecule is CCNC(=NCc1ccc(C(N)=O)cc1)NCC(OC)C(C)(C)C.I. The van der Waals surface area contributed by atoms with E-state index < -0.39 is 5.91 Å². The van der Waals surface area contributed by atoms with Crippen LogP contribution in [0, 0.1) is 5.41 Å². The van der Waals surface area contributed by atoms with E-state index >= 15 is 0 Å². The van der Waals surface area contributed by atoms with Crippen molar-refractivity contribution in [1.82, 2.24) is 10.6 Å². The lowest BCUT2D eigenvalue weighted by Crippen LogP contribution is -2.45. The van der Waals surface area contributed by atoms with E-state index in [2.05, 4.69) is 36.4 Å². The summed E-state index contributed by atoms with van der Waals surface area (Å²) in [5.41, 5.74) is 6.80. The first-order valence-corrected chi connectivity index (χ1v) is 8.21. The maximum atomic E-state index is 11.1. The van der Waals surface area contributed by atoms with Crippen LogP contribution in [0.3, 0.4) is 0 Å². The molecule has 1 rings (SSSR count). The summed E-state index contributed by atoms with van der Waals surface area (Å²) in [6.07, 6.45) is 0.0798. The van der Waals surface area contributed by atoms with Crippen molar-refractivity contribution in [2.24, 2.45) is 16.1 Å². The molecule has 0 fully saturated rings. The monoisotopic (exact) mass is 462 g/mol. The zero-order chi connectivity index (χ0) is 18.2. The second-order valence-corrected chi connectivity index (χ2v) is 6.73. The molecule has 1 amide bonds. The summed E-state index contributed by atoms with van der Waals surface area (Å²) in [6.45, 7) is 10.4. The van der Waals surface area contributed by atoms with Crippen LogP contribution >= 0.6 is 24.0 Å². The number of nitrogens with two attached hydrogens (primary N) is 1. The highest BCUT2D eigenvalue weighted by molar-refractivity contribution is 14.0. The molecular formula is C18H31IN4O2. The third-order valence-corrected chi connectivity index (χ3v) is 3.71. The molecule has 6 nitrogen and oxygen atoms in total. The predicted octanol–water partition coefficient (Wildman–Crippen LogP) is 2.52. The summed E-state index contributed by atoms with van der Waals surface area (Å²) >= 11 is 0. The summed E-state index contributed by atoms with van der Waals surface area (Å²) < 4.78 is 5.55. The molecule has 4 N–H and O–H groups in total. The van der Waals surface area contributed by atoms with E-state index in [0.717, 1.165) is 18.1 Å². The first kappa shape index (κ1) is 23.6. The normalized spacial score (nSPS) is 12.9. The predicted molar refractivity (Wildman–Crippen MR) is 113 cm³/mol. The number of primary amides is 1. The number of nitrogens with one attached hydrogen (secondary N) is 2. The van der Waals surface area contributed by atoms with Crippen molar-refractivity contribution in [3.05, 3.63) is 35.4 Å². The van der Waals surface area contributed by atoms with Gasteiger partial charge < -0.3 is 21.1 Å². The molecular weight excluding hydrogens is 431 g/mol. The number of halogens is 1. The number of ether oxygens (including phenoxy) is 1. The highest BCUT2D eigenvalue weighted by atomic mass is 127. The average molecular weight is 462 g/mol. The van der Waals surface area contributed by atoms with Crippen molar-refractivity contribution >= 4 is 35.8 Å². The van der Waals surface area contributed by atoms with Gasteiger partial charge in [-0.1, -0.05) is 32.9 Å². The topological polar surface area (TPSA) is 88.7 Å². The van der Waals surface area contributed by atoms with E-state index in [4.69, 9.17) is 10.5 Å². The fraction of sp³-hybridized carbons (Fsp3) is 0.556. The molecule has 0 radical (unpaired) electrons. The molecule has 1 unspecified atom stereocenters. The summed E-state index contributed by atoms with van der Waals surface area (Å²) in [4.78, 5) is 15.7. The number of rotatable bonds is 7. The Bertz CT molecular complexity index is 553. The van der Waals surface area contributed by atoms with Gasteiger partial charge in [0.2, 0.25) is 5.91 Å². The largest absolute Gasteiger partial charge is 0.379 e. The van der Waals surface area contributed by atoms with Crippen molar-refractivity contribution in [1.29, 1.82) is 0 Å². The lowest BCUT2D eigenvalue weighted by atomic mass is 9.89. The molecule has 25 heavy (non-hydrogen) atoms. The quantitative estimate of drug-likeness (QED) is 0.330. The van der Waals surface area contributed by atoms with Crippen LogP contribution in [0.5, 0.6) is 0 Å². The number of hydrogen-bond acceptors (Lipinski definition) is 3. The summed E-state index contributed by atoms with van der Waals surface area (Å²) in [5.74, 6) is 0.315. The smallest absolute Gasteiger partial charge is 0.248 e. The molecule has 7 heteroatoms. The van der Waals surface area contributed by atoms with Gasteiger partial charge in [0.1, 0.15) is 0 Å². The van der Waals surface area contributed by atoms with Crippen molar-refractivity contribution < 1.29 is 9.53 Å². The maximum Gasteiger partial charge on any atom is 0.248 e. The second kappa shape index (κ2) is 11.3. The van der Waals surface area contributed by atoms with E-state index in [9.17, 15) is 4.79 Å². The standard InChI is InChI=1S/C18H30N4O2.HI/c1-6-20-17(22-12-15(24-5)18(2,3)4)21-11-13-7-9-14(10-8-13)16(19)23;/h7-10,15H,6,11-12H2,1-5H3,(H2,19,23)(H2,20,21,22);1H. The number of carbonyl (C=O) groups excluding carboxylic acids is 1. The van der Waals surface area contributed by atoms with Crippen LogP contribution in [0.2, 0.25) is 0 Å². The van der Waals surface area contributed by atoms with Crippen molar-refractivity contribution in [2.75, 3.05) is 20.2 Å². The molecule has 0 spiro atoms. The minimum Gasteiger partial charge on any atom is -0.379 e. The van der Waals surface area contributed by atoms with Gasteiger partial charge in [0.15, 0.2) is 5.96 Å². The Labute approximate surface area is 168 Å². The second-order valence-electron chi connectivity index (χ2n) is 6.73. The van der Waals surface area contributed by atoms with Gasteiger partial charge in [0, 0.05) is 25.8 Å². The van der Waals surface area contributed by atoms with E-state index in [1.54, 1.807) is 19.2 Å². The number of nitrogens with zero attached hydrogens (tertiary/aromatic N) is 1. The van der Waals surface area contributed by atoms with Crippen molar-refractivity contribution in [3.63, 3.8) is 0 Å². The van der Waals surface area contributed by atoms with Crippen LogP contribution in [-0.2, 0) is 11.3 Å². The van der Waals surface area contributed by atoms with Gasteiger partial charge in [-0.2, -0.15) is 0 Å². The first-order valence-electron chi connectivity index (χ1n) is 8.21. The van der Waals surface area contributed by atoms with Crippen molar-refractivity contribution in [2.45, 2.75) is 40.3 Å². The third kappa shape index (κ3) is 8.53. The maximum absolute atomic E-state index is 11.1. The zero-order valence-electron chi connectivity index (χ0n) is 15.8. The molecule has 0 heterocycles. The lowest BCUT2D eigenvalue weighted by molar-refractivity contribution is 0.0205. The van der Waals surface area contributed by atoms with Crippen molar-refractivity contribution in [3.8, 4) is 0 Å². The van der Waals surface area contributed by atoms with Gasteiger partial charge in [0.25, 0.3) is 0 Å². The Balaban J connectivity index is 0.00000576. The number of guanidine groups is 1. The fourth-order valence-electron chi connectivity index (χ4n) is 2.22. The number of benzene rings is 1.